The minimum atomic E-state index is -4.53. The Hall–Kier alpha value is -4.11. The number of amides is 2. The van der Waals surface area contributed by atoms with E-state index in [1.165, 1.54) is 33.7 Å². The number of hydrogen-bond donors (Lipinski definition) is 3. The summed E-state index contributed by atoms with van der Waals surface area (Å²) in [5.41, 5.74) is 0.123. The number of piperidine rings is 1. The van der Waals surface area contributed by atoms with E-state index in [1.54, 1.807) is 6.92 Å². The van der Waals surface area contributed by atoms with Gasteiger partial charge in [-0.15, -0.1) is 0 Å². The van der Waals surface area contributed by atoms with Gasteiger partial charge in [0, 0.05) is 44.5 Å². The highest BCUT2D eigenvalue weighted by Crippen LogP contribution is 2.41. The number of fused-ring (bicyclic) bond motifs is 1. The molecule has 43 heavy (non-hydrogen) atoms. The Morgan fingerprint density at radius 1 is 1.26 bits per heavy atom. The van der Waals surface area contributed by atoms with Crippen molar-refractivity contribution in [2.45, 2.75) is 70.1 Å². The number of alkyl halides is 5. The fourth-order valence-corrected chi connectivity index (χ4v) is 5.85. The van der Waals surface area contributed by atoms with Crippen LogP contribution in [0.15, 0.2) is 24.5 Å². The fourth-order valence-electron chi connectivity index (χ4n) is 5.85. The fraction of sp³-hybridized carbons (Fsp3) is 0.556. The molecule has 16 heteroatoms. The maximum Gasteiger partial charge on any atom is 0.393 e. The topological polar surface area (TPSA) is 144 Å². The molecule has 1 unspecified atom stereocenters. The first-order chi connectivity index (χ1) is 20.3. The minimum Gasteiger partial charge on any atom is -0.478 e. The zero-order valence-electron chi connectivity index (χ0n) is 23.1. The van der Waals surface area contributed by atoms with Crippen molar-refractivity contribution in [2.24, 2.45) is 17.8 Å². The van der Waals surface area contributed by atoms with Crippen LogP contribution in [0.2, 0.25) is 0 Å². The third-order valence-electron chi connectivity index (χ3n) is 8.23. The van der Waals surface area contributed by atoms with Gasteiger partial charge in [-0.1, -0.05) is 0 Å². The summed E-state index contributed by atoms with van der Waals surface area (Å²) >= 11 is 0. The van der Waals surface area contributed by atoms with E-state index in [0.29, 0.717) is 6.54 Å². The van der Waals surface area contributed by atoms with Crippen LogP contribution in [0.1, 0.15) is 77.3 Å². The van der Waals surface area contributed by atoms with E-state index in [4.69, 9.17) is 0 Å². The normalized spacial score (nSPS) is 21.9. The number of nitrogens with zero attached hydrogens (tertiary/aromatic N) is 5. The van der Waals surface area contributed by atoms with E-state index in [0.717, 1.165) is 0 Å². The highest BCUT2D eigenvalue weighted by molar-refractivity contribution is 5.93. The first-order valence-electron chi connectivity index (χ1n) is 13.9. The molecule has 1 aliphatic carbocycles. The number of halogens is 5. The number of hydrogen-bond acceptors (Lipinski definition) is 6. The number of nitrogens with one attached hydrogen (secondary N) is 2. The lowest BCUT2D eigenvalue weighted by molar-refractivity contribution is -0.183. The number of aromatic nitrogens is 5. The van der Waals surface area contributed by atoms with Crippen LogP contribution in [0.3, 0.4) is 0 Å². The summed E-state index contributed by atoms with van der Waals surface area (Å²) in [6.07, 6.45) is -3.09. The van der Waals surface area contributed by atoms with Crippen LogP contribution < -0.4 is 10.6 Å². The first kappa shape index (κ1) is 30.4. The highest BCUT2D eigenvalue weighted by Gasteiger charge is 2.45. The molecule has 2 amide bonds. The van der Waals surface area contributed by atoms with Crippen LogP contribution in [-0.2, 0) is 17.8 Å². The number of carbonyl (C=O) groups is 3. The molecule has 1 saturated heterocycles. The monoisotopic (exact) mass is 611 g/mol. The average Bonchev–Trinajstić information content (AvgIpc) is 3.58. The van der Waals surface area contributed by atoms with E-state index >= 15 is 0 Å². The Morgan fingerprint density at radius 3 is 2.63 bits per heavy atom. The van der Waals surface area contributed by atoms with E-state index in [9.17, 15) is 41.4 Å². The van der Waals surface area contributed by atoms with Gasteiger partial charge in [0.2, 0.25) is 11.8 Å². The van der Waals surface area contributed by atoms with Crippen molar-refractivity contribution in [2.75, 3.05) is 6.54 Å². The van der Waals surface area contributed by atoms with Gasteiger partial charge in [-0.25, -0.2) is 23.1 Å². The number of carboxylic acids is 1. The molecule has 1 saturated carbocycles. The average molecular weight is 612 g/mol. The number of carboxylic acid groups (broad SMARTS) is 1. The van der Waals surface area contributed by atoms with Crippen LogP contribution in [0, 0.1) is 17.8 Å². The van der Waals surface area contributed by atoms with Crippen molar-refractivity contribution in [3.63, 3.8) is 0 Å². The number of rotatable bonds is 8. The third kappa shape index (κ3) is 6.46. The molecule has 2 aliphatic rings. The van der Waals surface area contributed by atoms with Gasteiger partial charge in [-0.3, -0.25) is 14.3 Å². The van der Waals surface area contributed by atoms with Crippen LogP contribution in [-0.4, -0.2) is 65.9 Å². The van der Waals surface area contributed by atoms with Crippen LogP contribution in [0.25, 0.3) is 5.65 Å². The molecule has 3 aromatic heterocycles. The summed E-state index contributed by atoms with van der Waals surface area (Å²) in [5, 5.41) is 23.4. The smallest absolute Gasteiger partial charge is 0.393 e. The zero-order chi connectivity index (χ0) is 31.1. The summed E-state index contributed by atoms with van der Waals surface area (Å²) in [6.45, 7) is 1.66. The van der Waals surface area contributed by atoms with Gasteiger partial charge >= 0.3 is 12.1 Å². The molecule has 3 N–H and O–H groups in total. The molecule has 0 bridgehead atoms. The largest absolute Gasteiger partial charge is 0.478 e. The molecule has 0 spiro atoms. The van der Waals surface area contributed by atoms with Crippen LogP contribution >= 0.6 is 0 Å². The molecule has 11 nitrogen and oxygen atoms in total. The molecular formula is C27H30F5N7O4. The van der Waals surface area contributed by atoms with Crippen molar-refractivity contribution in [3.8, 4) is 0 Å². The number of aromatic carboxylic acids is 1. The standard InChI is InChI=1S/C27H30F5N7O4/c1-2-38-20(5-8-34-38)24(41)36-22(14-3-6-26(28,29)7-4-14)19-13-39-21(35-19)11-17(25(42)43)18(37-39)10-15-9-16(27(30,31)32)12-33-23(15)40/h5,8,11,13-16,22H,2-4,6-7,9-10,12H2,1H3,(H,33,40)(H,36,41)(H,42,43)/t15?,16-,22+/m1/s1. The van der Waals surface area contributed by atoms with Crippen molar-refractivity contribution in [3.05, 3.63) is 47.2 Å². The maximum absolute atomic E-state index is 14.0. The lowest BCUT2D eigenvalue weighted by Gasteiger charge is -2.33. The van der Waals surface area contributed by atoms with Crippen LogP contribution in [0.5, 0.6) is 0 Å². The SMILES string of the molecule is CCn1nccc1C(=O)N[C@H](c1cn2nc(CC3C[C@@H](C(F)(F)F)CNC3=O)c(C(=O)O)cc2n1)C1CCC(F)(F)CC1. The second kappa shape index (κ2) is 11.5. The van der Waals surface area contributed by atoms with E-state index < -0.39 is 66.6 Å². The number of imidazole rings is 1. The van der Waals surface area contributed by atoms with Crippen molar-refractivity contribution >= 4 is 23.4 Å². The molecule has 4 heterocycles. The molecule has 5 rings (SSSR count). The Labute approximate surface area is 241 Å². The third-order valence-corrected chi connectivity index (χ3v) is 8.23. The Morgan fingerprint density at radius 2 is 1.98 bits per heavy atom. The molecule has 0 radical (unpaired) electrons. The minimum absolute atomic E-state index is 0.0661. The van der Waals surface area contributed by atoms with E-state index in [1.807, 2.05) is 0 Å². The van der Waals surface area contributed by atoms with Crippen molar-refractivity contribution in [1.29, 1.82) is 0 Å². The second-order valence-electron chi connectivity index (χ2n) is 11.1. The molecular weight excluding hydrogens is 581 g/mol. The van der Waals surface area contributed by atoms with Gasteiger partial charge in [0.25, 0.3) is 5.91 Å². The second-order valence-corrected chi connectivity index (χ2v) is 11.1. The lowest BCUT2D eigenvalue weighted by Crippen LogP contribution is -2.47. The van der Waals surface area contributed by atoms with Gasteiger partial charge in [-0.2, -0.15) is 23.4 Å². The Kier molecular flexibility index (Phi) is 8.13. The molecule has 3 aromatic rings. The number of carbonyl (C=O) groups excluding carboxylic acids is 2. The van der Waals surface area contributed by atoms with Crippen molar-refractivity contribution < 1.29 is 41.4 Å². The summed E-state index contributed by atoms with van der Waals surface area (Å²) < 4.78 is 70.7. The summed E-state index contributed by atoms with van der Waals surface area (Å²) in [5.74, 6) is -8.72. The quantitative estimate of drug-likeness (QED) is 0.329. The van der Waals surface area contributed by atoms with E-state index in [2.05, 4.69) is 25.8 Å². The van der Waals surface area contributed by atoms with Crippen molar-refractivity contribution in [1.82, 2.24) is 35.0 Å². The van der Waals surface area contributed by atoms with Gasteiger partial charge in [0.05, 0.1) is 35.1 Å². The number of aryl methyl sites for hydroxylation is 1. The summed E-state index contributed by atoms with van der Waals surface area (Å²) in [4.78, 5) is 42.2. The predicted molar refractivity (Wildman–Crippen MR) is 139 cm³/mol. The van der Waals surface area contributed by atoms with E-state index in [-0.39, 0.29) is 60.4 Å². The summed E-state index contributed by atoms with van der Waals surface area (Å²) in [6, 6.07) is 1.88. The zero-order valence-corrected chi connectivity index (χ0v) is 23.1. The van der Waals surface area contributed by atoms with Gasteiger partial charge < -0.3 is 15.7 Å². The highest BCUT2D eigenvalue weighted by atomic mass is 19.4. The first-order valence-corrected chi connectivity index (χ1v) is 13.9. The molecule has 0 aromatic carbocycles. The lowest BCUT2D eigenvalue weighted by atomic mass is 9.81. The van der Waals surface area contributed by atoms with Gasteiger partial charge in [-0.05, 0) is 44.2 Å². The molecule has 3 atom stereocenters. The van der Waals surface area contributed by atoms with Crippen LogP contribution in [0.4, 0.5) is 22.0 Å². The predicted octanol–water partition coefficient (Wildman–Crippen LogP) is 3.80. The van der Waals surface area contributed by atoms with Gasteiger partial charge in [0.15, 0.2) is 5.65 Å². The summed E-state index contributed by atoms with van der Waals surface area (Å²) in [7, 11) is 0. The molecule has 2 fully saturated rings. The Bertz CT molecular complexity index is 1530. The molecule has 1 aliphatic heterocycles. The maximum atomic E-state index is 14.0. The van der Waals surface area contributed by atoms with Gasteiger partial charge in [0.1, 0.15) is 5.69 Å². The molecule has 232 valence electrons. The Balaban J connectivity index is 1.48.